The highest BCUT2D eigenvalue weighted by Gasteiger charge is 2.36. The smallest absolute Gasteiger partial charge is 0.103 e. The van der Waals surface area contributed by atoms with E-state index < -0.39 is 6.17 Å². The van der Waals surface area contributed by atoms with E-state index in [-0.39, 0.29) is 0 Å². The molecule has 0 saturated heterocycles. The zero-order valence-electron chi connectivity index (χ0n) is 15.6. The largest absolute Gasteiger partial charge is 0.247 e. The molecule has 0 bridgehead atoms. The van der Waals surface area contributed by atoms with E-state index >= 15 is 0 Å². The van der Waals surface area contributed by atoms with Gasteiger partial charge in [0, 0.05) is 0 Å². The van der Waals surface area contributed by atoms with Crippen LogP contribution >= 0.6 is 0 Å². The molecular weight excluding hydrogens is 283 g/mol. The molecule has 3 saturated carbocycles. The van der Waals surface area contributed by atoms with Crippen LogP contribution in [0.25, 0.3) is 0 Å². The molecule has 0 aromatic carbocycles. The van der Waals surface area contributed by atoms with Crippen LogP contribution in [0.2, 0.25) is 0 Å². The van der Waals surface area contributed by atoms with Crippen molar-refractivity contribution in [1.82, 2.24) is 0 Å². The van der Waals surface area contributed by atoms with E-state index in [4.69, 9.17) is 0 Å². The highest BCUT2D eigenvalue weighted by Crippen LogP contribution is 2.44. The molecule has 3 fully saturated rings. The summed E-state index contributed by atoms with van der Waals surface area (Å²) in [4.78, 5) is 0. The van der Waals surface area contributed by atoms with Gasteiger partial charge in [-0.15, -0.1) is 0 Å². The summed E-state index contributed by atoms with van der Waals surface area (Å²) in [7, 11) is 0. The zero-order valence-corrected chi connectivity index (χ0v) is 15.6. The SMILES string of the molecule is CC1CCC(CCC2CCC(C3CCC(C)CC3)C(F)C2)CC1. The van der Waals surface area contributed by atoms with Crippen molar-refractivity contribution in [3.8, 4) is 0 Å². The highest BCUT2D eigenvalue weighted by atomic mass is 19.1. The lowest BCUT2D eigenvalue weighted by Crippen LogP contribution is -2.33. The van der Waals surface area contributed by atoms with Crippen molar-refractivity contribution >= 4 is 0 Å². The fourth-order valence-electron chi connectivity index (χ4n) is 5.82. The van der Waals surface area contributed by atoms with Gasteiger partial charge in [0.25, 0.3) is 0 Å². The van der Waals surface area contributed by atoms with Crippen molar-refractivity contribution < 1.29 is 4.39 Å². The molecule has 0 radical (unpaired) electrons. The van der Waals surface area contributed by atoms with Gasteiger partial charge in [0.05, 0.1) is 0 Å². The summed E-state index contributed by atoms with van der Waals surface area (Å²) < 4.78 is 14.8. The lowest BCUT2D eigenvalue weighted by atomic mass is 9.67. The molecule has 134 valence electrons. The van der Waals surface area contributed by atoms with Crippen molar-refractivity contribution in [3.63, 3.8) is 0 Å². The van der Waals surface area contributed by atoms with E-state index in [0.717, 1.165) is 24.2 Å². The molecule has 3 atom stereocenters. The van der Waals surface area contributed by atoms with Crippen LogP contribution in [-0.2, 0) is 0 Å². The van der Waals surface area contributed by atoms with Crippen LogP contribution in [0.4, 0.5) is 4.39 Å². The minimum atomic E-state index is -0.487. The summed E-state index contributed by atoms with van der Waals surface area (Å²) in [5, 5.41) is 0. The Morgan fingerprint density at radius 3 is 1.78 bits per heavy atom. The van der Waals surface area contributed by atoms with Crippen LogP contribution in [0, 0.1) is 35.5 Å². The Hall–Kier alpha value is -0.0700. The number of hydrogen-bond donors (Lipinski definition) is 0. The lowest BCUT2D eigenvalue weighted by Gasteiger charge is -2.39. The van der Waals surface area contributed by atoms with Crippen LogP contribution in [0.3, 0.4) is 0 Å². The Bertz CT molecular complexity index is 336. The average molecular weight is 323 g/mol. The Morgan fingerprint density at radius 2 is 1.17 bits per heavy atom. The quantitative estimate of drug-likeness (QED) is 0.514. The summed E-state index contributed by atoms with van der Waals surface area (Å²) in [6.45, 7) is 4.77. The molecule has 3 rings (SSSR count). The van der Waals surface area contributed by atoms with Gasteiger partial charge in [0.2, 0.25) is 0 Å². The van der Waals surface area contributed by atoms with E-state index in [1.165, 1.54) is 77.0 Å². The Morgan fingerprint density at radius 1 is 0.652 bits per heavy atom. The van der Waals surface area contributed by atoms with Crippen molar-refractivity contribution in [2.45, 2.75) is 103 Å². The van der Waals surface area contributed by atoms with Crippen LogP contribution in [0.5, 0.6) is 0 Å². The number of halogens is 1. The first kappa shape index (κ1) is 17.7. The Labute approximate surface area is 144 Å². The van der Waals surface area contributed by atoms with Crippen molar-refractivity contribution in [1.29, 1.82) is 0 Å². The fourth-order valence-corrected chi connectivity index (χ4v) is 5.82. The molecule has 0 spiro atoms. The van der Waals surface area contributed by atoms with Gasteiger partial charge in [0.1, 0.15) is 6.17 Å². The van der Waals surface area contributed by atoms with Crippen molar-refractivity contribution in [2.75, 3.05) is 0 Å². The summed E-state index contributed by atoms with van der Waals surface area (Å²) in [5.41, 5.74) is 0. The summed E-state index contributed by atoms with van der Waals surface area (Å²) in [6, 6.07) is 0. The lowest BCUT2D eigenvalue weighted by molar-refractivity contribution is 0.0559. The van der Waals surface area contributed by atoms with E-state index in [1.54, 1.807) is 0 Å². The van der Waals surface area contributed by atoms with Gasteiger partial charge < -0.3 is 0 Å². The molecule has 3 aliphatic carbocycles. The topological polar surface area (TPSA) is 0 Å². The second kappa shape index (κ2) is 8.34. The van der Waals surface area contributed by atoms with Gasteiger partial charge in [-0.2, -0.15) is 0 Å². The standard InChI is InChI=1S/C22H39F/c1-16-3-7-18(8-4-16)9-10-19-11-14-21(22(23)15-19)20-12-5-17(2)6-13-20/h16-22H,3-15H2,1-2H3. The summed E-state index contributed by atoms with van der Waals surface area (Å²) in [6.07, 6.45) is 16.6. The molecule has 0 amide bonds. The minimum absolute atomic E-state index is 0.411. The molecular formula is C22H39F. The molecule has 0 nitrogen and oxygen atoms in total. The highest BCUT2D eigenvalue weighted by molar-refractivity contribution is 4.87. The Kier molecular flexibility index (Phi) is 6.44. The summed E-state index contributed by atoms with van der Waals surface area (Å²) >= 11 is 0. The molecule has 3 aliphatic rings. The maximum absolute atomic E-state index is 14.8. The second-order valence-electron chi connectivity index (χ2n) is 9.58. The molecule has 0 aromatic rings. The molecule has 23 heavy (non-hydrogen) atoms. The molecule has 3 unspecified atom stereocenters. The zero-order chi connectivity index (χ0) is 16.2. The van der Waals surface area contributed by atoms with Gasteiger partial charge in [-0.25, -0.2) is 4.39 Å². The summed E-state index contributed by atoms with van der Waals surface area (Å²) in [5.74, 6) is 4.62. The van der Waals surface area contributed by atoms with Crippen LogP contribution in [0.15, 0.2) is 0 Å². The van der Waals surface area contributed by atoms with Gasteiger partial charge in [-0.05, 0) is 67.6 Å². The van der Waals surface area contributed by atoms with Gasteiger partial charge in [0.15, 0.2) is 0 Å². The van der Waals surface area contributed by atoms with E-state index in [9.17, 15) is 4.39 Å². The van der Waals surface area contributed by atoms with E-state index in [1.807, 2.05) is 0 Å². The predicted molar refractivity (Wildman–Crippen MR) is 97.2 cm³/mol. The molecule has 0 aromatic heterocycles. The molecule has 0 N–H and O–H groups in total. The normalized spacial score (nSPS) is 45.8. The fraction of sp³-hybridized carbons (Fsp3) is 1.00. The number of hydrogen-bond acceptors (Lipinski definition) is 0. The third-order valence-electron chi connectivity index (χ3n) is 7.72. The maximum atomic E-state index is 14.8. The molecule has 0 heterocycles. The van der Waals surface area contributed by atoms with Crippen LogP contribution in [0.1, 0.15) is 97.3 Å². The number of rotatable bonds is 4. The van der Waals surface area contributed by atoms with Crippen LogP contribution < -0.4 is 0 Å². The van der Waals surface area contributed by atoms with Gasteiger partial charge >= 0.3 is 0 Å². The minimum Gasteiger partial charge on any atom is -0.247 e. The maximum Gasteiger partial charge on any atom is 0.103 e. The van der Waals surface area contributed by atoms with E-state index in [0.29, 0.717) is 17.8 Å². The second-order valence-corrected chi connectivity index (χ2v) is 9.58. The monoisotopic (exact) mass is 322 g/mol. The third kappa shape index (κ3) is 4.95. The first-order valence-electron chi connectivity index (χ1n) is 10.8. The van der Waals surface area contributed by atoms with Crippen LogP contribution in [-0.4, -0.2) is 6.17 Å². The van der Waals surface area contributed by atoms with E-state index in [2.05, 4.69) is 13.8 Å². The van der Waals surface area contributed by atoms with Gasteiger partial charge in [-0.3, -0.25) is 0 Å². The Balaban J connectivity index is 1.38. The van der Waals surface area contributed by atoms with Crippen molar-refractivity contribution in [3.05, 3.63) is 0 Å². The molecule has 0 aliphatic heterocycles. The first-order chi connectivity index (χ1) is 11.1. The van der Waals surface area contributed by atoms with Gasteiger partial charge in [-0.1, -0.05) is 65.2 Å². The molecule has 1 heteroatoms. The average Bonchev–Trinajstić information content (AvgIpc) is 2.55. The third-order valence-corrected chi connectivity index (χ3v) is 7.72. The van der Waals surface area contributed by atoms with Crippen molar-refractivity contribution in [2.24, 2.45) is 35.5 Å². The predicted octanol–water partition coefficient (Wildman–Crippen LogP) is 7.17. The first-order valence-corrected chi connectivity index (χ1v) is 10.8. The number of alkyl halides is 1.